The summed E-state index contributed by atoms with van der Waals surface area (Å²) >= 11 is 5.93. The monoisotopic (exact) mass is 381 g/mol. The van der Waals surface area contributed by atoms with E-state index in [0.717, 1.165) is 0 Å². The molecule has 0 aromatic carbocycles. The fourth-order valence-electron chi connectivity index (χ4n) is 2.56. The average molecular weight is 383 g/mol. The SMILES string of the molecule is CCCCCCCCN(CCCCCCCC)C(S)=[S]=[Zn]. The van der Waals surface area contributed by atoms with E-state index in [1.807, 2.05) is 8.84 Å². The van der Waals surface area contributed by atoms with E-state index in [9.17, 15) is 0 Å². The van der Waals surface area contributed by atoms with Crippen LogP contribution in [0.5, 0.6) is 0 Å². The maximum absolute atomic E-state index is 4.68. The Morgan fingerprint density at radius 1 is 0.762 bits per heavy atom. The van der Waals surface area contributed by atoms with E-state index in [4.69, 9.17) is 0 Å². The first kappa shape index (κ1) is 22.0. The molecule has 0 aliphatic carbocycles. The summed E-state index contributed by atoms with van der Waals surface area (Å²) in [6.45, 7) is 7.00. The van der Waals surface area contributed by atoms with Gasteiger partial charge in [0, 0.05) is 0 Å². The van der Waals surface area contributed by atoms with Gasteiger partial charge in [-0.05, 0) is 0 Å². The molecule has 0 aliphatic rings. The Morgan fingerprint density at radius 2 is 1.14 bits per heavy atom. The molecule has 21 heavy (non-hydrogen) atoms. The summed E-state index contributed by atoms with van der Waals surface area (Å²) in [5.74, 6) is 0. The molecule has 0 unspecified atom stereocenters. The fraction of sp³-hybridized carbons (Fsp3) is 0.941. The van der Waals surface area contributed by atoms with Gasteiger partial charge >= 0.3 is 151 Å². The van der Waals surface area contributed by atoms with E-state index in [-0.39, 0.29) is 0 Å². The van der Waals surface area contributed by atoms with E-state index in [2.05, 4.69) is 31.4 Å². The summed E-state index contributed by atoms with van der Waals surface area (Å²) in [7, 11) is 1.91. The van der Waals surface area contributed by atoms with Crippen LogP contribution in [0.2, 0.25) is 0 Å². The van der Waals surface area contributed by atoms with Crippen molar-refractivity contribution in [1.29, 1.82) is 0 Å². The van der Waals surface area contributed by atoms with Crippen LogP contribution in [0.15, 0.2) is 0 Å². The number of thiol groups is 1. The molecule has 1 nitrogen and oxygen atoms in total. The summed E-state index contributed by atoms with van der Waals surface area (Å²) in [6.07, 6.45) is 16.6. The van der Waals surface area contributed by atoms with Gasteiger partial charge in [-0.1, -0.05) is 0 Å². The number of nitrogens with zero attached hydrogens (tertiary/aromatic N) is 1. The van der Waals surface area contributed by atoms with Gasteiger partial charge in [0.1, 0.15) is 0 Å². The Kier molecular flexibility index (Phi) is 18.2. The molecule has 0 spiro atoms. The topological polar surface area (TPSA) is 3.24 Å². The minimum atomic E-state index is 1.22. The Labute approximate surface area is 150 Å². The summed E-state index contributed by atoms with van der Waals surface area (Å²) in [5.41, 5.74) is 0. The van der Waals surface area contributed by atoms with Crippen molar-refractivity contribution in [3.63, 3.8) is 0 Å². The van der Waals surface area contributed by atoms with Gasteiger partial charge in [0.05, 0.1) is 0 Å². The van der Waals surface area contributed by atoms with Gasteiger partial charge in [-0.2, -0.15) is 0 Å². The second-order valence-electron chi connectivity index (χ2n) is 5.95. The molecular weight excluding hydrogens is 348 g/mol. The van der Waals surface area contributed by atoms with Gasteiger partial charge in [-0.25, -0.2) is 0 Å². The van der Waals surface area contributed by atoms with Crippen molar-refractivity contribution in [2.75, 3.05) is 13.1 Å². The van der Waals surface area contributed by atoms with Crippen molar-refractivity contribution in [2.45, 2.75) is 90.9 Å². The first-order chi connectivity index (χ1) is 10.3. The summed E-state index contributed by atoms with van der Waals surface area (Å²) in [6, 6.07) is 0. The zero-order valence-corrected chi connectivity index (χ0v) is 19.1. The van der Waals surface area contributed by atoms with Crippen LogP contribution in [-0.4, -0.2) is 22.3 Å². The Hall–Kier alpha value is 1.02. The van der Waals surface area contributed by atoms with Crippen LogP contribution in [0.3, 0.4) is 0 Å². The molecule has 0 saturated heterocycles. The second kappa shape index (κ2) is 17.4. The fourth-order valence-corrected chi connectivity index (χ4v) is 4.27. The summed E-state index contributed by atoms with van der Waals surface area (Å²) in [4.78, 5) is 2.52. The molecule has 0 heterocycles. The predicted octanol–water partition coefficient (Wildman–Crippen LogP) is 6.22. The molecule has 0 fully saturated rings. The quantitative estimate of drug-likeness (QED) is 0.161. The molecule has 0 aromatic rings. The molecule has 0 N–H and O–H groups in total. The first-order valence-electron chi connectivity index (χ1n) is 8.99. The van der Waals surface area contributed by atoms with Gasteiger partial charge in [0.15, 0.2) is 0 Å². The van der Waals surface area contributed by atoms with Crippen LogP contribution < -0.4 is 0 Å². The van der Waals surface area contributed by atoms with Crippen molar-refractivity contribution in [3.8, 4) is 0 Å². The standard InChI is InChI=1S/C17H35NS2.Zn/c1-3-5-7-9-11-13-15-18(17(19)20)16-14-12-10-8-6-4-2;/h3-16H2,1-2H3,(H,19,20);. The number of unbranched alkanes of at least 4 members (excludes halogenated alkanes) is 10. The normalized spacial score (nSPS) is 11.1. The summed E-state index contributed by atoms with van der Waals surface area (Å²) in [5, 5.41) is 0. The molecule has 0 amide bonds. The van der Waals surface area contributed by atoms with Crippen molar-refractivity contribution in [2.24, 2.45) is 0 Å². The summed E-state index contributed by atoms with van der Waals surface area (Å²) < 4.78 is 1.26. The molecule has 0 aliphatic heterocycles. The molecule has 122 valence electrons. The van der Waals surface area contributed by atoms with Crippen molar-refractivity contribution >= 4 is 25.8 Å². The van der Waals surface area contributed by atoms with E-state index in [0.29, 0.717) is 0 Å². The van der Waals surface area contributed by atoms with E-state index in [1.54, 1.807) is 0 Å². The maximum atomic E-state index is 4.68. The van der Waals surface area contributed by atoms with Crippen molar-refractivity contribution in [1.82, 2.24) is 4.90 Å². The zero-order valence-electron chi connectivity index (χ0n) is 14.4. The third kappa shape index (κ3) is 14.4. The van der Waals surface area contributed by atoms with Gasteiger partial charge < -0.3 is 0 Å². The molecule has 0 bridgehead atoms. The predicted molar refractivity (Wildman–Crippen MR) is 99.9 cm³/mol. The molecule has 0 radical (unpaired) electrons. The van der Waals surface area contributed by atoms with Crippen molar-refractivity contribution in [3.05, 3.63) is 0 Å². The van der Waals surface area contributed by atoms with E-state index in [1.165, 1.54) is 111 Å². The first-order valence-corrected chi connectivity index (χ1v) is 14.1. The van der Waals surface area contributed by atoms with Gasteiger partial charge in [-0.15, -0.1) is 0 Å². The van der Waals surface area contributed by atoms with E-state index >= 15 is 0 Å². The Balaban J connectivity index is 3.76. The molecule has 4 heteroatoms. The molecular formula is C17H35NS2Zn. The number of hydrogen-bond acceptors (Lipinski definition) is 0. The van der Waals surface area contributed by atoms with E-state index < -0.39 is 0 Å². The number of hydrogen-bond donors (Lipinski definition) is 1. The second-order valence-corrected chi connectivity index (χ2v) is 9.17. The van der Waals surface area contributed by atoms with Crippen molar-refractivity contribution < 1.29 is 16.6 Å². The van der Waals surface area contributed by atoms with Gasteiger partial charge in [-0.3, -0.25) is 0 Å². The molecule has 0 atom stereocenters. The van der Waals surface area contributed by atoms with Crippen LogP contribution in [0, 0.1) is 0 Å². The Morgan fingerprint density at radius 3 is 1.52 bits per heavy atom. The van der Waals surface area contributed by atoms with Gasteiger partial charge in [0.25, 0.3) is 0 Å². The molecule has 0 saturated carbocycles. The third-order valence-corrected chi connectivity index (χ3v) is 8.40. The number of rotatable bonds is 14. The minimum absolute atomic E-state index is 1.22. The van der Waals surface area contributed by atoms with Crippen LogP contribution in [-0.2, 0) is 16.6 Å². The molecule has 0 rings (SSSR count). The van der Waals surface area contributed by atoms with Crippen LogP contribution >= 0.6 is 21.5 Å². The van der Waals surface area contributed by atoms with Crippen LogP contribution in [0.4, 0.5) is 0 Å². The van der Waals surface area contributed by atoms with Crippen LogP contribution in [0.1, 0.15) is 90.9 Å². The average Bonchev–Trinajstić information content (AvgIpc) is 2.51. The van der Waals surface area contributed by atoms with Gasteiger partial charge in [0.2, 0.25) is 0 Å². The Bertz CT molecular complexity index is 262. The third-order valence-electron chi connectivity index (χ3n) is 3.96. The molecule has 0 aromatic heterocycles. The zero-order chi connectivity index (χ0) is 15.8. The van der Waals surface area contributed by atoms with Crippen LogP contribution in [0.25, 0.3) is 0 Å².